The highest BCUT2D eigenvalue weighted by molar-refractivity contribution is 7.89. The molecule has 0 aromatic heterocycles. The molecule has 6 heteroatoms. The first-order valence-electron chi connectivity index (χ1n) is 7.03. The van der Waals surface area contributed by atoms with Crippen LogP contribution < -0.4 is 10.5 Å². The predicted octanol–water partition coefficient (Wildman–Crippen LogP) is 0.529. The largest absolute Gasteiger partial charge is 0.313 e. The third kappa shape index (κ3) is 5.58. The molecule has 0 saturated carbocycles. The Hall–Kier alpha value is -0.950. The molecule has 1 saturated heterocycles. The fourth-order valence-electron chi connectivity index (χ4n) is 2.54. The summed E-state index contributed by atoms with van der Waals surface area (Å²) in [6, 6.07) is 10.9. The second-order valence-electron chi connectivity index (χ2n) is 5.36. The van der Waals surface area contributed by atoms with Crippen LogP contribution in [-0.4, -0.2) is 44.7 Å². The van der Waals surface area contributed by atoms with Crippen molar-refractivity contribution in [2.45, 2.75) is 25.4 Å². The number of benzene rings is 1. The number of rotatable bonds is 6. The van der Waals surface area contributed by atoms with Gasteiger partial charge in [0.1, 0.15) is 0 Å². The van der Waals surface area contributed by atoms with Gasteiger partial charge in [0.05, 0.1) is 5.75 Å². The van der Waals surface area contributed by atoms with Gasteiger partial charge in [-0.15, -0.1) is 0 Å². The molecule has 0 radical (unpaired) electrons. The maximum atomic E-state index is 10.9. The maximum absolute atomic E-state index is 10.9. The number of piperidine rings is 1. The van der Waals surface area contributed by atoms with Gasteiger partial charge in [0.15, 0.2) is 0 Å². The van der Waals surface area contributed by atoms with Crippen molar-refractivity contribution in [3.8, 4) is 0 Å². The third-order valence-electron chi connectivity index (χ3n) is 3.66. The molecule has 1 fully saturated rings. The highest BCUT2D eigenvalue weighted by Gasteiger charge is 2.18. The van der Waals surface area contributed by atoms with E-state index in [9.17, 15) is 8.42 Å². The molecule has 112 valence electrons. The van der Waals surface area contributed by atoms with E-state index >= 15 is 0 Å². The summed E-state index contributed by atoms with van der Waals surface area (Å²) < 4.78 is 21.7. The summed E-state index contributed by atoms with van der Waals surface area (Å²) in [5.74, 6) is 0.0111. The lowest BCUT2D eigenvalue weighted by Gasteiger charge is -2.32. The summed E-state index contributed by atoms with van der Waals surface area (Å²) in [5, 5.41) is 8.26. The predicted molar refractivity (Wildman–Crippen MR) is 80.7 cm³/mol. The zero-order chi connectivity index (χ0) is 14.4. The van der Waals surface area contributed by atoms with Crippen LogP contribution in [0.15, 0.2) is 30.3 Å². The van der Waals surface area contributed by atoms with Gasteiger partial charge < -0.3 is 5.32 Å². The number of nitrogens with zero attached hydrogens (tertiary/aromatic N) is 1. The lowest BCUT2D eigenvalue weighted by atomic mass is 10.0. The van der Waals surface area contributed by atoms with Crippen molar-refractivity contribution in [3.05, 3.63) is 35.9 Å². The van der Waals surface area contributed by atoms with E-state index in [-0.39, 0.29) is 5.75 Å². The van der Waals surface area contributed by atoms with E-state index in [1.54, 1.807) is 0 Å². The summed E-state index contributed by atoms with van der Waals surface area (Å²) >= 11 is 0. The van der Waals surface area contributed by atoms with Crippen LogP contribution in [-0.2, 0) is 16.6 Å². The molecule has 1 aromatic carbocycles. The molecule has 2 rings (SSSR count). The monoisotopic (exact) mass is 297 g/mol. The fraction of sp³-hybridized carbons (Fsp3) is 0.571. The van der Waals surface area contributed by atoms with E-state index in [4.69, 9.17) is 5.14 Å². The van der Waals surface area contributed by atoms with E-state index in [2.05, 4.69) is 34.5 Å². The van der Waals surface area contributed by atoms with Crippen molar-refractivity contribution >= 4 is 10.0 Å². The number of likely N-dealkylation sites (tertiary alicyclic amines) is 1. The summed E-state index contributed by atoms with van der Waals surface area (Å²) in [6.45, 7) is 3.52. The first-order chi connectivity index (χ1) is 9.53. The minimum Gasteiger partial charge on any atom is -0.313 e. The Morgan fingerprint density at radius 3 is 2.45 bits per heavy atom. The summed E-state index contributed by atoms with van der Waals surface area (Å²) in [5.41, 5.74) is 1.34. The van der Waals surface area contributed by atoms with Crippen LogP contribution >= 0.6 is 0 Å². The quantitative estimate of drug-likeness (QED) is 0.803. The molecule has 0 bridgehead atoms. The Balaban J connectivity index is 1.67. The average molecular weight is 297 g/mol. The first-order valence-corrected chi connectivity index (χ1v) is 8.74. The third-order valence-corrected chi connectivity index (χ3v) is 4.43. The zero-order valence-corrected chi connectivity index (χ0v) is 12.5. The van der Waals surface area contributed by atoms with E-state index in [0.717, 1.165) is 32.5 Å². The lowest BCUT2D eigenvalue weighted by Crippen LogP contribution is -2.43. The molecule has 0 amide bonds. The Bertz CT molecular complexity index is 496. The Morgan fingerprint density at radius 2 is 1.85 bits per heavy atom. The number of sulfonamides is 1. The van der Waals surface area contributed by atoms with Crippen LogP contribution in [0.25, 0.3) is 0 Å². The molecule has 0 aliphatic carbocycles. The van der Waals surface area contributed by atoms with Crippen LogP contribution in [0.1, 0.15) is 18.4 Å². The van der Waals surface area contributed by atoms with Crippen LogP contribution in [0.4, 0.5) is 0 Å². The molecule has 20 heavy (non-hydrogen) atoms. The Morgan fingerprint density at radius 1 is 1.20 bits per heavy atom. The van der Waals surface area contributed by atoms with Gasteiger partial charge in [-0.25, -0.2) is 13.6 Å². The average Bonchev–Trinajstić information content (AvgIpc) is 2.41. The van der Waals surface area contributed by atoms with Crippen LogP contribution in [0.2, 0.25) is 0 Å². The van der Waals surface area contributed by atoms with Gasteiger partial charge >= 0.3 is 0 Å². The van der Waals surface area contributed by atoms with Crippen molar-refractivity contribution in [2.75, 3.05) is 25.4 Å². The molecule has 1 aromatic rings. The highest BCUT2D eigenvalue weighted by Crippen LogP contribution is 2.13. The molecule has 1 heterocycles. The molecule has 0 spiro atoms. The topological polar surface area (TPSA) is 75.4 Å². The van der Waals surface area contributed by atoms with Gasteiger partial charge in [-0.05, 0) is 31.5 Å². The second-order valence-corrected chi connectivity index (χ2v) is 7.09. The minimum atomic E-state index is -3.35. The van der Waals surface area contributed by atoms with Crippen LogP contribution in [0, 0.1) is 0 Å². The summed E-state index contributed by atoms with van der Waals surface area (Å²) in [4.78, 5) is 2.44. The molecule has 5 nitrogen and oxygen atoms in total. The van der Waals surface area contributed by atoms with E-state index in [1.807, 2.05) is 6.07 Å². The van der Waals surface area contributed by atoms with Crippen molar-refractivity contribution < 1.29 is 8.42 Å². The summed E-state index contributed by atoms with van der Waals surface area (Å²) in [7, 11) is -3.35. The Labute approximate surface area is 121 Å². The first kappa shape index (κ1) is 15.4. The smallest absolute Gasteiger partial charge is 0.210 e. The molecule has 1 aliphatic heterocycles. The molecule has 0 unspecified atom stereocenters. The van der Waals surface area contributed by atoms with Gasteiger partial charge in [-0.1, -0.05) is 30.3 Å². The van der Waals surface area contributed by atoms with E-state index in [0.29, 0.717) is 12.6 Å². The van der Waals surface area contributed by atoms with Crippen molar-refractivity contribution in [3.63, 3.8) is 0 Å². The van der Waals surface area contributed by atoms with Gasteiger partial charge in [0, 0.05) is 19.1 Å². The molecular weight excluding hydrogens is 274 g/mol. The van der Waals surface area contributed by atoms with E-state index < -0.39 is 10.0 Å². The Kier molecular flexibility index (Phi) is 5.54. The van der Waals surface area contributed by atoms with Gasteiger partial charge in [0.25, 0.3) is 0 Å². The van der Waals surface area contributed by atoms with Crippen molar-refractivity contribution in [1.29, 1.82) is 0 Å². The van der Waals surface area contributed by atoms with Crippen molar-refractivity contribution in [2.24, 2.45) is 5.14 Å². The molecule has 0 atom stereocenters. The number of primary sulfonamides is 1. The normalized spacial score (nSPS) is 18.2. The zero-order valence-electron chi connectivity index (χ0n) is 11.7. The van der Waals surface area contributed by atoms with Crippen LogP contribution in [0.3, 0.4) is 0 Å². The standard InChI is InChI=1S/C14H23N3O2S/c15-20(18,19)11-8-16-14-6-9-17(10-7-14)12-13-4-2-1-3-5-13/h1-5,14,16H,6-12H2,(H2,15,18,19). The number of hydrogen-bond donors (Lipinski definition) is 2. The lowest BCUT2D eigenvalue weighted by molar-refractivity contribution is 0.192. The van der Waals surface area contributed by atoms with Gasteiger partial charge in [-0.3, -0.25) is 4.90 Å². The molecule has 3 N–H and O–H groups in total. The van der Waals surface area contributed by atoms with Crippen LogP contribution in [0.5, 0.6) is 0 Å². The minimum absolute atomic E-state index is 0.0111. The SMILES string of the molecule is NS(=O)(=O)CCNC1CCN(Cc2ccccc2)CC1. The molecule has 1 aliphatic rings. The highest BCUT2D eigenvalue weighted by atomic mass is 32.2. The number of nitrogens with two attached hydrogens (primary N) is 1. The fourth-order valence-corrected chi connectivity index (χ4v) is 2.94. The molecular formula is C14H23N3O2S. The number of nitrogens with one attached hydrogen (secondary N) is 1. The van der Waals surface area contributed by atoms with Gasteiger partial charge in [0.2, 0.25) is 10.0 Å². The van der Waals surface area contributed by atoms with E-state index in [1.165, 1.54) is 5.56 Å². The van der Waals surface area contributed by atoms with Gasteiger partial charge in [-0.2, -0.15) is 0 Å². The maximum Gasteiger partial charge on any atom is 0.210 e. The van der Waals surface area contributed by atoms with Crippen molar-refractivity contribution in [1.82, 2.24) is 10.2 Å². The second kappa shape index (κ2) is 7.17. The number of hydrogen-bond acceptors (Lipinski definition) is 4. The summed E-state index contributed by atoms with van der Waals surface area (Å²) in [6.07, 6.45) is 2.11.